The van der Waals surface area contributed by atoms with E-state index in [4.69, 9.17) is 19.4 Å². The number of benzene rings is 1. The van der Waals surface area contributed by atoms with E-state index in [1.54, 1.807) is 37.2 Å². The fraction of sp³-hybridized carbons (Fsp3) is 0.566. The first-order chi connectivity index (χ1) is 33.3. The summed E-state index contributed by atoms with van der Waals surface area (Å²) < 4.78 is 14.9. The molecule has 0 saturated carbocycles. The van der Waals surface area contributed by atoms with Crippen molar-refractivity contribution in [3.8, 4) is 22.5 Å². The third kappa shape index (κ3) is 8.58. The summed E-state index contributed by atoms with van der Waals surface area (Å²) in [5, 5.41) is 8.84. The molecule has 4 fully saturated rings. The molecular weight excluding hydrogens is 907 g/mol. The second-order valence-electron chi connectivity index (χ2n) is 21.4. The minimum absolute atomic E-state index is 0.0655. The Morgan fingerprint density at radius 2 is 1.93 bits per heavy atom. The Morgan fingerprint density at radius 3 is 2.63 bits per heavy atom. The van der Waals surface area contributed by atoms with Gasteiger partial charge in [-0.05, 0) is 88.3 Å². The highest BCUT2D eigenvalue weighted by Crippen LogP contribution is 2.62. The average molecular weight is 977 g/mol. The van der Waals surface area contributed by atoms with Gasteiger partial charge in [0.1, 0.15) is 18.0 Å². The zero-order chi connectivity index (χ0) is 50.1. The Morgan fingerprint density at radius 1 is 1.16 bits per heavy atom. The summed E-state index contributed by atoms with van der Waals surface area (Å²) >= 11 is 1.46. The molecule has 9 atom stereocenters. The van der Waals surface area contributed by atoms with E-state index in [1.165, 1.54) is 22.3 Å². The van der Waals surface area contributed by atoms with Crippen molar-refractivity contribution in [3.63, 3.8) is 0 Å². The summed E-state index contributed by atoms with van der Waals surface area (Å²) in [5.74, 6) is -1.75. The highest BCUT2D eigenvalue weighted by atomic mass is 32.1. The van der Waals surface area contributed by atoms with Crippen LogP contribution in [-0.2, 0) is 48.0 Å². The number of amides is 5. The lowest BCUT2D eigenvalue weighted by molar-refractivity contribution is -0.843. The number of cyclic esters (lactones) is 1. The van der Waals surface area contributed by atoms with Gasteiger partial charge in [-0.25, -0.2) is 9.78 Å². The fourth-order valence-corrected chi connectivity index (χ4v) is 12.9. The van der Waals surface area contributed by atoms with E-state index in [9.17, 15) is 19.2 Å². The number of methoxy groups -OCH3 is 1. The van der Waals surface area contributed by atoms with E-state index in [-0.39, 0.29) is 78.9 Å². The Kier molecular flexibility index (Phi) is 13.3. The van der Waals surface area contributed by atoms with E-state index < -0.39 is 23.4 Å². The molecule has 16 nitrogen and oxygen atoms in total. The molecule has 17 heteroatoms. The molecule has 1 spiro atoms. The molecule has 5 aliphatic rings. The molecule has 5 amide bonds. The highest BCUT2D eigenvalue weighted by Gasteiger charge is 2.91. The first-order valence-electron chi connectivity index (χ1n) is 25.0. The summed E-state index contributed by atoms with van der Waals surface area (Å²) in [7, 11) is 5.05. The highest BCUT2D eigenvalue weighted by molar-refractivity contribution is 7.10. The van der Waals surface area contributed by atoms with Crippen LogP contribution in [0.2, 0.25) is 0 Å². The smallest absolute Gasteiger partial charge is 0.320 e. The maximum Gasteiger partial charge on any atom is 0.320 e. The monoisotopic (exact) mass is 977 g/mol. The zero-order valence-corrected chi connectivity index (χ0v) is 43.3. The number of nitrogens with one attached hydrogen (secondary N) is 1. The van der Waals surface area contributed by atoms with Crippen LogP contribution in [0, 0.1) is 17.3 Å². The second-order valence-corrected chi connectivity index (χ2v) is 22.4. The van der Waals surface area contributed by atoms with Crippen molar-refractivity contribution in [2.24, 2.45) is 17.3 Å². The summed E-state index contributed by atoms with van der Waals surface area (Å²) in [6, 6.07) is 7.99. The van der Waals surface area contributed by atoms with Gasteiger partial charge < -0.3 is 34.1 Å². The van der Waals surface area contributed by atoms with Gasteiger partial charge in [0.15, 0.2) is 12.6 Å². The van der Waals surface area contributed by atoms with Gasteiger partial charge in [0, 0.05) is 85.8 Å². The predicted molar refractivity (Wildman–Crippen MR) is 268 cm³/mol. The van der Waals surface area contributed by atoms with E-state index in [0.29, 0.717) is 54.9 Å². The molecule has 0 radical (unpaired) electrons. The lowest BCUT2D eigenvalue weighted by atomic mass is 9.84. The first kappa shape index (κ1) is 49.3. The molecule has 8 heterocycles. The van der Waals surface area contributed by atoms with Crippen LogP contribution in [0.5, 0.6) is 0 Å². The molecule has 1 N–H and O–H groups in total. The van der Waals surface area contributed by atoms with Crippen LogP contribution >= 0.6 is 11.3 Å². The van der Waals surface area contributed by atoms with Crippen LogP contribution in [0.1, 0.15) is 90.1 Å². The molecule has 5 aliphatic heterocycles. The third-order valence-corrected chi connectivity index (χ3v) is 16.8. The van der Waals surface area contributed by atoms with Gasteiger partial charge in [-0.1, -0.05) is 40.3 Å². The molecule has 4 aromatic rings. The number of esters is 1. The van der Waals surface area contributed by atoms with Crippen molar-refractivity contribution in [3.05, 3.63) is 70.8 Å². The minimum atomic E-state index is -0.996. The van der Waals surface area contributed by atoms with Gasteiger partial charge in [0.2, 0.25) is 17.9 Å². The number of fused-ring (bicyclic) bond motifs is 4. The lowest BCUT2D eigenvalue weighted by Crippen LogP contribution is -2.60. The zero-order valence-electron chi connectivity index (χ0n) is 42.4. The van der Waals surface area contributed by atoms with Gasteiger partial charge in [-0.2, -0.15) is 9.60 Å². The standard InChI is InChI=1S/C53H69N9O7S/c1-12-44(63)57(9)34-22-31(5)60(26-34)52(67)58(10)46(30(3)4)49(64)56-39-24-43-55-40(28-70-43)33-18-19-41-37(23-33)38(47(59(41)13-2)35-16-14-20-54-45(35)32(6)68-11)25-53(7,8)29-69-51(66)36-17-15-21-61(50(39)65)62-27-42(62)48(36)62/h12,14,16,18-20,23,28,30-32,34,36,39,42,46,48H,1,13,15,17,21-22,24-27,29H2,2-11H3/p+1/t31-,32+,34-,36-,39+,42?,46+,48?,62?/m1/s1. The van der Waals surface area contributed by atoms with Crippen LogP contribution < -0.4 is 5.32 Å². The summed E-state index contributed by atoms with van der Waals surface area (Å²) in [5.41, 5.74) is 6.30. The molecule has 4 saturated heterocycles. The van der Waals surface area contributed by atoms with Gasteiger partial charge in [-0.15, -0.1) is 11.3 Å². The van der Waals surface area contributed by atoms with E-state index in [2.05, 4.69) is 61.5 Å². The number of quaternary nitrogens is 1. The largest absolute Gasteiger partial charge is 0.465 e. The van der Waals surface area contributed by atoms with Crippen LogP contribution in [0.4, 0.5) is 4.79 Å². The van der Waals surface area contributed by atoms with Gasteiger partial charge in [0.05, 0.1) is 47.4 Å². The summed E-state index contributed by atoms with van der Waals surface area (Å²) in [4.78, 5) is 85.9. The number of carbonyl (C=O) groups is 5. The molecule has 1 aromatic carbocycles. The number of aromatic nitrogens is 3. The number of pyridine rings is 1. The summed E-state index contributed by atoms with van der Waals surface area (Å²) in [6.45, 7) is 20.3. The van der Waals surface area contributed by atoms with Crippen molar-refractivity contribution in [1.82, 2.24) is 39.6 Å². The maximum atomic E-state index is 15.2. The van der Waals surface area contributed by atoms with Crippen molar-refractivity contribution in [1.29, 1.82) is 0 Å². The number of nitrogens with zero attached hydrogens (tertiary/aromatic N) is 8. The van der Waals surface area contributed by atoms with Crippen LogP contribution in [-0.4, -0.2) is 152 Å². The molecule has 3 unspecified atom stereocenters. The van der Waals surface area contributed by atoms with Crippen molar-refractivity contribution < 1.29 is 38.0 Å². The molecular formula is C53H70N9O7S+. The SMILES string of the molecule is C=CC(=O)N(C)[C@@H]1C[C@@H](C)N(C(=O)N(C)[C@H](C(=O)N[C@H]2Cc3nc(cs3)-c3ccc4c(c3)c(c(-c3cccnc3[C@H](C)OC)n4CC)CC(C)(C)COC(=O)[C@@H]3CCCN(C2=O)[N+]24CC2C34)C(C)C)C1. The lowest BCUT2D eigenvalue weighted by Gasteiger charge is -2.36. The number of carbonyl (C=O) groups excluding carboxylic acids is 5. The van der Waals surface area contributed by atoms with Crippen LogP contribution in [0.3, 0.4) is 0 Å². The van der Waals surface area contributed by atoms with Crippen molar-refractivity contribution in [2.45, 2.75) is 129 Å². The maximum absolute atomic E-state index is 15.2. The average Bonchev–Trinajstić information content (AvgIpc) is 4.01. The van der Waals surface area contributed by atoms with Crippen LogP contribution in [0.25, 0.3) is 33.4 Å². The Hall–Kier alpha value is -5.65. The van der Waals surface area contributed by atoms with Crippen molar-refractivity contribution >= 4 is 52.0 Å². The molecule has 374 valence electrons. The van der Waals surface area contributed by atoms with Gasteiger partial charge >= 0.3 is 12.0 Å². The number of thiazole rings is 1. The normalized spacial score (nSPS) is 26.8. The summed E-state index contributed by atoms with van der Waals surface area (Å²) in [6.07, 6.45) is 5.39. The minimum Gasteiger partial charge on any atom is -0.465 e. The Bertz CT molecular complexity index is 2730. The number of hydrogen-bond donors (Lipinski definition) is 1. The van der Waals surface area contributed by atoms with E-state index in [1.807, 2.05) is 44.2 Å². The molecule has 70 heavy (non-hydrogen) atoms. The number of aryl methyl sites for hydroxylation is 1. The third-order valence-electron chi connectivity index (χ3n) is 16.0. The molecule has 3 aromatic heterocycles. The predicted octanol–water partition coefficient (Wildman–Crippen LogP) is 6.63. The Labute approximate surface area is 415 Å². The van der Waals surface area contributed by atoms with E-state index in [0.717, 1.165) is 51.2 Å². The fourth-order valence-electron chi connectivity index (χ4n) is 12.0. The van der Waals surface area contributed by atoms with E-state index >= 15 is 4.79 Å². The number of urea groups is 1. The number of hydrogen-bond acceptors (Lipinski definition) is 10. The second kappa shape index (κ2) is 18.8. The van der Waals surface area contributed by atoms with Crippen LogP contribution in [0.15, 0.2) is 54.6 Å². The first-order valence-corrected chi connectivity index (χ1v) is 25.9. The quantitative estimate of drug-likeness (QED) is 0.0798. The van der Waals surface area contributed by atoms with Gasteiger partial charge in [0.25, 0.3) is 5.91 Å². The number of rotatable bonds is 10. The molecule has 9 rings (SSSR count). The van der Waals surface area contributed by atoms with Gasteiger partial charge in [-0.3, -0.25) is 24.2 Å². The number of likely N-dealkylation sites (tertiary alicyclic amines) is 1. The Balaban J connectivity index is 1.09. The number of likely N-dealkylation sites (N-methyl/N-ethyl adjacent to an activating group) is 2. The van der Waals surface area contributed by atoms with Crippen molar-refractivity contribution in [2.75, 3.05) is 47.4 Å². The molecule has 0 aliphatic carbocycles. The number of ether oxygens (including phenoxy) is 2. The topological polar surface area (TPSA) is 160 Å². The molecule has 6 bridgehead atoms.